The fourth-order valence-electron chi connectivity index (χ4n) is 3.88. The highest BCUT2D eigenvalue weighted by molar-refractivity contribution is 6.04. The van der Waals surface area contributed by atoms with Gasteiger partial charge in [0.25, 0.3) is 11.8 Å². The third-order valence-electron chi connectivity index (χ3n) is 5.60. The molecular formula is C25H24FN3O5. The van der Waals surface area contributed by atoms with E-state index in [0.717, 1.165) is 0 Å². The zero-order valence-electron chi connectivity index (χ0n) is 19.0. The van der Waals surface area contributed by atoms with Gasteiger partial charge in [-0.3, -0.25) is 9.59 Å². The highest BCUT2D eigenvalue weighted by atomic mass is 19.1. The summed E-state index contributed by atoms with van der Waals surface area (Å²) in [6, 6.07) is 14.1. The highest BCUT2D eigenvalue weighted by Gasteiger charge is 2.36. The van der Waals surface area contributed by atoms with Crippen molar-refractivity contribution in [1.29, 1.82) is 0 Å². The number of carbonyl (C=O) groups excluding carboxylic acids is 2. The van der Waals surface area contributed by atoms with E-state index in [9.17, 15) is 14.0 Å². The minimum Gasteiger partial charge on any atom is -0.497 e. The van der Waals surface area contributed by atoms with E-state index in [2.05, 4.69) is 5.10 Å². The Morgan fingerprint density at radius 1 is 1.15 bits per heavy atom. The van der Waals surface area contributed by atoms with E-state index >= 15 is 0 Å². The van der Waals surface area contributed by atoms with Crippen LogP contribution in [0.3, 0.4) is 0 Å². The monoisotopic (exact) mass is 465 g/mol. The fourth-order valence-corrected chi connectivity index (χ4v) is 3.88. The predicted molar refractivity (Wildman–Crippen MR) is 122 cm³/mol. The maximum absolute atomic E-state index is 14.5. The van der Waals surface area contributed by atoms with E-state index in [1.807, 2.05) is 0 Å². The van der Waals surface area contributed by atoms with Crippen LogP contribution in [0.2, 0.25) is 0 Å². The fraction of sp³-hybridized carbons (Fsp3) is 0.240. The maximum Gasteiger partial charge on any atom is 0.289 e. The second-order valence-electron chi connectivity index (χ2n) is 7.73. The number of nitrogens with zero attached hydrogens (tertiary/aromatic N) is 3. The van der Waals surface area contributed by atoms with E-state index < -0.39 is 23.7 Å². The van der Waals surface area contributed by atoms with Gasteiger partial charge in [-0.05, 0) is 36.4 Å². The molecule has 176 valence electrons. The topological polar surface area (TPSA) is 84.6 Å². The number of methoxy groups -OCH3 is 2. The summed E-state index contributed by atoms with van der Waals surface area (Å²) >= 11 is 0. The number of hydrazone groups is 1. The summed E-state index contributed by atoms with van der Waals surface area (Å²) in [5.41, 5.74) is 1.39. The van der Waals surface area contributed by atoms with Gasteiger partial charge in [-0.2, -0.15) is 5.10 Å². The first-order valence-corrected chi connectivity index (χ1v) is 10.6. The first-order valence-electron chi connectivity index (χ1n) is 10.6. The Morgan fingerprint density at radius 2 is 1.94 bits per heavy atom. The summed E-state index contributed by atoms with van der Waals surface area (Å²) in [4.78, 5) is 27.2. The normalized spacial score (nSPS) is 15.1. The molecule has 1 aliphatic heterocycles. The van der Waals surface area contributed by atoms with Crippen LogP contribution in [0, 0.1) is 5.82 Å². The van der Waals surface area contributed by atoms with Crippen molar-refractivity contribution in [3.8, 4) is 11.5 Å². The predicted octanol–water partition coefficient (Wildman–Crippen LogP) is 3.89. The van der Waals surface area contributed by atoms with E-state index in [1.54, 1.807) is 49.6 Å². The molecule has 4 rings (SSSR count). The van der Waals surface area contributed by atoms with Gasteiger partial charge in [0, 0.05) is 24.6 Å². The van der Waals surface area contributed by atoms with Crippen LogP contribution in [0.25, 0.3) is 0 Å². The van der Waals surface area contributed by atoms with Gasteiger partial charge in [-0.15, -0.1) is 0 Å². The first-order chi connectivity index (χ1) is 16.4. The molecule has 1 atom stereocenters. The van der Waals surface area contributed by atoms with Crippen LogP contribution in [0.15, 0.2) is 70.4 Å². The largest absolute Gasteiger partial charge is 0.497 e. The minimum absolute atomic E-state index is 0.123. The first kappa shape index (κ1) is 23.0. The molecule has 0 fully saturated rings. The third kappa shape index (κ3) is 4.50. The van der Waals surface area contributed by atoms with E-state index in [0.29, 0.717) is 28.3 Å². The van der Waals surface area contributed by atoms with E-state index in [1.165, 1.54) is 42.5 Å². The number of carbonyl (C=O) groups is 2. The lowest BCUT2D eigenvalue weighted by atomic mass is 9.97. The van der Waals surface area contributed by atoms with Crippen molar-refractivity contribution in [2.24, 2.45) is 5.10 Å². The molecule has 8 nitrogen and oxygen atoms in total. The Labute approximate surface area is 196 Å². The molecular weight excluding hydrogens is 441 g/mol. The number of amides is 2. The Morgan fingerprint density at radius 3 is 2.62 bits per heavy atom. The molecule has 0 radical (unpaired) electrons. The van der Waals surface area contributed by atoms with E-state index in [4.69, 9.17) is 13.9 Å². The van der Waals surface area contributed by atoms with Gasteiger partial charge in [-0.25, -0.2) is 9.40 Å². The van der Waals surface area contributed by atoms with E-state index in [-0.39, 0.29) is 18.7 Å². The van der Waals surface area contributed by atoms with Crippen molar-refractivity contribution >= 4 is 17.5 Å². The quantitative estimate of drug-likeness (QED) is 0.529. The summed E-state index contributed by atoms with van der Waals surface area (Å²) in [7, 11) is 4.57. The molecule has 0 bridgehead atoms. The number of hydrogen-bond donors (Lipinski definition) is 0. The van der Waals surface area contributed by atoms with Crippen molar-refractivity contribution in [1.82, 2.24) is 9.91 Å². The summed E-state index contributed by atoms with van der Waals surface area (Å²) in [5.74, 6) is -0.0773. The SMILES string of the molecule is COc1ccc(OC)c([C@@H]2CC(c3ccccc3F)=NN2C(=O)CN(C)C(=O)c2ccco2)c1. The zero-order chi connectivity index (χ0) is 24.2. The Kier molecular flexibility index (Phi) is 6.62. The number of benzene rings is 2. The molecule has 2 amide bonds. The average Bonchev–Trinajstić information content (AvgIpc) is 3.54. The van der Waals surface area contributed by atoms with Crippen LogP contribution in [0.5, 0.6) is 11.5 Å². The molecule has 0 saturated carbocycles. The molecule has 2 aromatic carbocycles. The van der Waals surface area contributed by atoms with Crippen LogP contribution in [0.4, 0.5) is 4.39 Å². The van der Waals surface area contributed by atoms with Crippen LogP contribution < -0.4 is 9.47 Å². The molecule has 1 aliphatic rings. The Hall–Kier alpha value is -4.14. The molecule has 0 saturated heterocycles. The summed E-state index contributed by atoms with van der Waals surface area (Å²) in [6.07, 6.45) is 1.64. The number of ether oxygens (including phenoxy) is 2. The molecule has 0 aliphatic carbocycles. The Balaban J connectivity index is 1.69. The van der Waals surface area contributed by atoms with Crippen molar-refractivity contribution in [2.45, 2.75) is 12.5 Å². The smallest absolute Gasteiger partial charge is 0.289 e. The van der Waals surface area contributed by atoms with Crippen molar-refractivity contribution in [2.75, 3.05) is 27.8 Å². The lowest BCUT2D eigenvalue weighted by Crippen LogP contribution is -2.39. The number of furan rings is 1. The standard InChI is InChI=1S/C25H24FN3O5/c1-28(25(31)23-9-6-12-34-23)15-24(30)29-21(18-13-16(32-2)10-11-22(18)33-3)14-20(27-29)17-7-4-5-8-19(17)26/h4-13,21H,14-15H2,1-3H3/t21-/m0/s1. The lowest BCUT2D eigenvalue weighted by Gasteiger charge is -2.26. The zero-order valence-corrected chi connectivity index (χ0v) is 19.0. The third-order valence-corrected chi connectivity index (χ3v) is 5.60. The summed E-state index contributed by atoms with van der Waals surface area (Å²) < 4.78 is 30.6. The van der Waals surface area contributed by atoms with Gasteiger partial charge < -0.3 is 18.8 Å². The Bertz CT molecular complexity index is 1230. The summed E-state index contributed by atoms with van der Waals surface area (Å²) in [5, 5.41) is 5.77. The second-order valence-corrected chi connectivity index (χ2v) is 7.73. The molecule has 9 heteroatoms. The van der Waals surface area contributed by atoms with Crippen LogP contribution in [-0.2, 0) is 4.79 Å². The van der Waals surface area contributed by atoms with Crippen LogP contribution in [0.1, 0.15) is 34.1 Å². The number of halogens is 1. The maximum atomic E-state index is 14.5. The number of rotatable bonds is 7. The van der Waals surface area contributed by atoms with Gasteiger partial charge in [-0.1, -0.05) is 18.2 Å². The summed E-state index contributed by atoms with van der Waals surface area (Å²) in [6.45, 7) is -0.254. The van der Waals surface area contributed by atoms with Crippen molar-refractivity contribution < 1.29 is 27.9 Å². The van der Waals surface area contributed by atoms with Crippen molar-refractivity contribution in [3.63, 3.8) is 0 Å². The van der Waals surface area contributed by atoms with Crippen LogP contribution in [-0.4, -0.2) is 55.2 Å². The van der Waals surface area contributed by atoms with Gasteiger partial charge in [0.2, 0.25) is 0 Å². The molecule has 0 spiro atoms. The molecule has 1 aromatic heterocycles. The highest BCUT2D eigenvalue weighted by Crippen LogP contribution is 2.39. The second kappa shape index (κ2) is 9.78. The molecule has 2 heterocycles. The number of likely N-dealkylation sites (N-methyl/N-ethyl adjacent to an activating group) is 1. The van der Waals surface area contributed by atoms with Gasteiger partial charge in [0.15, 0.2) is 5.76 Å². The van der Waals surface area contributed by atoms with Gasteiger partial charge >= 0.3 is 0 Å². The average molecular weight is 465 g/mol. The minimum atomic E-state index is -0.584. The van der Waals surface area contributed by atoms with Crippen LogP contribution >= 0.6 is 0 Å². The van der Waals surface area contributed by atoms with Gasteiger partial charge in [0.05, 0.1) is 32.2 Å². The lowest BCUT2D eigenvalue weighted by molar-refractivity contribution is -0.133. The molecule has 34 heavy (non-hydrogen) atoms. The molecule has 0 N–H and O–H groups in total. The van der Waals surface area contributed by atoms with Gasteiger partial charge in [0.1, 0.15) is 23.9 Å². The molecule has 0 unspecified atom stereocenters. The number of hydrogen-bond acceptors (Lipinski definition) is 6. The molecule has 3 aromatic rings. The van der Waals surface area contributed by atoms with Crippen molar-refractivity contribution in [3.05, 3.63) is 83.6 Å².